The van der Waals surface area contributed by atoms with Crippen LogP contribution in [-0.2, 0) is 10.0 Å². The van der Waals surface area contributed by atoms with Crippen LogP contribution in [0.3, 0.4) is 0 Å². The molecule has 0 spiro atoms. The molecule has 0 N–H and O–H groups in total. The maximum absolute atomic E-state index is 13.1. The van der Waals surface area contributed by atoms with Crippen molar-refractivity contribution in [3.8, 4) is 11.5 Å². The zero-order chi connectivity index (χ0) is 19.6. The third-order valence-corrected chi connectivity index (χ3v) is 6.60. The molecule has 0 aliphatic carbocycles. The number of nitrogens with zero attached hydrogens (tertiary/aromatic N) is 2. The van der Waals surface area contributed by atoms with Crippen LogP contribution >= 0.6 is 0 Å². The summed E-state index contributed by atoms with van der Waals surface area (Å²) in [6.45, 7) is 2.73. The van der Waals surface area contributed by atoms with E-state index in [0.29, 0.717) is 30.2 Å². The molecule has 1 amide bonds. The smallest absolute Gasteiger partial charge is 0.289 e. The molecule has 1 fully saturated rings. The highest BCUT2D eigenvalue weighted by Crippen LogP contribution is 2.33. The summed E-state index contributed by atoms with van der Waals surface area (Å²) in [5.74, 6) is 0.845. The zero-order valence-corrected chi connectivity index (χ0v) is 16.3. The number of benzene rings is 1. The van der Waals surface area contributed by atoms with Crippen molar-refractivity contribution >= 4 is 15.9 Å². The van der Waals surface area contributed by atoms with Crippen molar-refractivity contribution in [3.05, 3.63) is 41.9 Å². The highest BCUT2D eigenvalue weighted by atomic mass is 32.2. The van der Waals surface area contributed by atoms with Crippen LogP contribution in [0.1, 0.15) is 16.1 Å². The fourth-order valence-electron chi connectivity index (χ4n) is 3.07. The van der Waals surface area contributed by atoms with Crippen molar-refractivity contribution < 1.29 is 27.1 Å². The lowest BCUT2D eigenvalue weighted by atomic mass is 10.2. The van der Waals surface area contributed by atoms with Crippen LogP contribution in [0, 0.1) is 6.92 Å². The monoisotopic (exact) mass is 394 g/mol. The van der Waals surface area contributed by atoms with Gasteiger partial charge in [-0.3, -0.25) is 4.79 Å². The number of aryl methyl sites for hydroxylation is 1. The Morgan fingerprint density at radius 3 is 2.26 bits per heavy atom. The Labute approximate surface area is 158 Å². The van der Waals surface area contributed by atoms with Crippen LogP contribution in [-0.4, -0.2) is 63.9 Å². The molecular formula is C18H22N2O6S. The first kappa shape index (κ1) is 19.2. The van der Waals surface area contributed by atoms with Gasteiger partial charge in [-0.15, -0.1) is 0 Å². The minimum Gasteiger partial charge on any atom is -0.493 e. The Kier molecular flexibility index (Phi) is 5.43. The molecular weight excluding hydrogens is 372 g/mol. The normalized spacial score (nSPS) is 15.6. The lowest BCUT2D eigenvalue weighted by molar-refractivity contribution is 0.0666. The third-order valence-electron chi connectivity index (χ3n) is 4.56. The molecule has 9 heteroatoms. The van der Waals surface area contributed by atoms with Gasteiger partial charge in [0.1, 0.15) is 0 Å². The molecule has 0 unspecified atom stereocenters. The number of methoxy groups -OCH3 is 2. The maximum Gasteiger partial charge on any atom is 0.289 e. The van der Waals surface area contributed by atoms with Gasteiger partial charge in [0.2, 0.25) is 10.0 Å². The molecule has 0 radical (unpaired) electrons. The predicted octanol–water partition coefficient (Wildman–Crippen LogP) is 1.75. The molecule has 1 aliphatic rings. The van der Waals surface area contributed by atoms with Crippen LogP contribution < -0.4 is 9.47 Å². The number of sulfonamides is 1. The van der Waals surface area contributed by atoms with Gasteiger partial charge in [-0.05, 0) is 30.7 Å². The van der Waals surface area contributed by atoms with Crippen LogP contribution in [0.25, 0.3) is 0 Å². The predicted molar refractivity (Wildman–Crippen MR) is 97.7 cm³/mol. The molecule has 1 aliphatic heterocycles. The van der Waals surface area contributed by atoms with Crippen molar-refractivity contribution in [2.24, 2.45) is 0 Å². The molecule has 8 nitrogen and oxygen atoms in total. The molecule has 1 aromatic carbocycles. The van der Waals surface area contributed by atoms with Gasteiger partial charge in [-0.2, -0.15) is 4.31 Å². The van der Waals surface area contributed by atoms with Gasteiger partial charge in [0.05, 0.1) is 25.4 Å². The summed E-state index contributed by atoms with van der Waals surface area (Å²) in [6.07, 6.45) is 1.44. The van der Waals surface area contributed by atoms with E-state index in [4.69, 9.17) is 13.9 Å². The number of piperazine rings is 1. The minimum absolute atomic E-state index is 0.172. The number of rotatable bonds is 5. The third kappa shape index (κ3) is 3.65. The van der Waals surface area contributed by atoms with Crippen LogP contribution in [0.5, 0.6) is 11.5 Å². The van der Waals surface area contributed by atoms with Gasteiger partial charge in [-0.25, -0.2) is 8.42 Å². The first-order chi connectivity index (χ1) is 12.9. The van der Waals surface area contributed by atoms with Gasteiger partial charge in [-0.1, -0.05) is 0 Å². The first-order valence-electron chi connectivity index (χ1n) is 8.44. The summed E-state index contributed by atoms with van der Waals surface area (Å²) < 4.78 is 43.1. The lowest BCUT2D eigenvalue weighted by Crippen LogP contribution is -2.50. The summed E-state index contributed by atoms with van der Waals surface area (Å²) in [7, 11) is -0.755. The quantitative estimate of drug-likeness (QED) is 0.768. The van der Waals surface area contributed by atoms with Crippen molar-refractivity contribution in [1.29, 1.82) is 0 Å². The van der Waals surface area contributed by atoms with E-state index in [1.165, 1.54) is 30.9 Å². The Morgan fingerprint density at radius 1 is 1.07 bits per heavy atom. The number of hydrogen-bond donors (Lipinski definition) is 0. The standard InChI is InChI=1S/C18H22N2O6S/c1-13-11-15(24-2)16(25-3)12-17(13)27(22,23)20-8-6-19(7-9-20)18(21)14-5-4-10-26-14/h4-5,10-12H,6-9H2,1-3H3. The SMILES string of the molecule is COc1cc(C)c(S(=O)(=O)N2CCN(C(=O)c3ccco3)CC2)cc1OC. The number of carbonyl (C=O) groups is 1. The zero-order valence-electron chi connectivity index (χ0n) is 15.5. The molecule has 2 aromatic rings. The summed E-state index contributed by atoms with van der Waals surface area (Å²) in [4.78, 5) is 14.1. The van der Waals surface area contributed by atoms with E-state index < -0.39 is 10.0 Å². The molecule has 1 aromatic heterocycles. The average Bonchev–Trinajstić information content (AvgIpc) is 3.21. The summed E-state index contributed by atoms with van der Waals surface area (Å²) >= 11 is 0. The van der Waals surface area contributed by atoms with E-state index in [9.17, 15) is 13.2 Å². The van der Waals surface area contributed by atoms with Crippen molar-refractivity contribution in [2.75, 3.05) is 40.4 Å². The van der Waals surface area contributed by atoms with E-state index in [0.717, 1.165) is 0 Å². The fourth-order valence-corrected chi connectivity index (χ4v) is 4.71. The number of furan rings is 1. The molecule has 2 heterocycles. The number of ether oxygens (including phenoxy) is 2. The molecule has 1 saturated heterocycles. The first-order valence-corrected chi connectivity index (χ1v) is 9.88. The summed E-state index contributed by atoms with van der Waals surface area (Å²) in [6, 6.07) is 6.36. The second-order valence-corrected chi connectivity index (χ2v) is 8.05. The Balaban J connectivity index is 1.78. The molecule has 0 saturated carbocycles. The van der Waals surface area contributed by atoms with E-state index in [2.05, 4.69) is 0 Å². The van der Waals surface area contributed by atoms with Gasteiger partial charge in [0, 0.05) is 32.2 Å². The number of amides is 1. The molecule has 3 rings (SSSR count). The van der Waals surface area contributed by atoms with E-state index >= 15 is 0 Å². The van der Waals surface area contributed by atoms with Gasteiger partial charge >= 0.3 is 0 Å². The number of hydrogen-bond acceptors (Lipinski definition) is 6. The molecule has 0 bridgehead atoms. The van der Waals surface area contributed by atoms with E-state index in [1.54, 1.807) is 30.0 Å². The Bertz CT molecular complexity index is 916. The number of carbonyl (C=O) groups excluding carboxylic acids is 1. The van der Waals surface area contributed by atoms with E-state index in [-0.39, 0.29) is 29.7 Å². The second-order valence-electron chi connectivity index (χ2n) is 6.15. The Hall–Kier alpha value is -2.52. The minimum atomic E-state index is -3.72. The highest BCUT2D eigenvalue weighted by Gasteiger charge is 2.32. The largest absolute Gasteiger partial charge is 0.493 e. The summed E-state index contributed by atoms with van der Waals surface area (Å²) in [5.41, 5.74) is 0.571. The van der Waals surface area contributed by atoms with E-state index in [1.807, 2.05) is 0 Å². The van der Waals surface area contributed by atoms with Crippen molar-refractivity contribution in [2.45, 2.75) is 11.8 Å². The molecule has 146 valence electrons. The topological polar surface area (TPSA) is 89.3 Å². The van der Waals surface area contributed by atoms with Crippen LogP contribution in [0.4, 0.5) is 0 Å². The van der Waals surface area contributed by atoms with Crippen molar-refractivity contribution in [1.82, 2.24) is 9.21 Å². The van der Waals surface area contributed by atoms with Crippen molar-refractivity contribution in [3.63, 3.8) is 0 Å². The molecule has 0 atom stereocenters. The van der Waals surface area contributed by atoms with Gasteiger partial charge in [0.15, 0.2) is 17.3 Å². The highest BCUT2D eigenvalue weighted by molar-refractivity contribution is 7.89. The fraction of sp³-hybridized carbons (Fsp3) is 0.389. The Morgan fingerprint density at radius 2 is 1.70 bits per heavy atom. The second kappa shape index (κ2) is 7.61. The van der Waals surface area contributed by atoms with Crippen LogP contribution in [0.2, 0.25) is 0 Å². The lowest BCUT2D eigenvalue weighted by Gasteiger charge is -2.33. The summed E-state index contributed by atoms with van der Waals surface area (Å²) in [5, 5.41) is 0. The van der Waals surface area contributed by atoms with Gasteiger partial charge < -0.3 is 18.8 Å². The average molecular weight is 394 g/mol. The van der Waals surface area contributed by atoms with Crippen LogP contribution in [0.15, 0.2) is 39.8 Å². The maximum atomic E-state index is 13.1. The molecule has 27 heavy (non-hydrogen) atoms. The van der Waals surface area contributed by atoms with Gasteiger partial charge in [0.25, 0.3) is 5.91 Å².